The van der Waals surface area contributed by atoms with E-state index in [4.69, 9.17) is 14.2 Å². The smallest absolute Gasteiger partial charge is 1.00 e. The van der Waals surface area contributed by atoms with Gasteiger partial charge in [-0.25, -0.2) is 23.4 Å². The number of hydrogen-bond donors (Lipinski definition) is 1. The second-order valence-corrected chi connectivity index (χ2v) is 8.49. The van der Waals surface area contributed by atoms with E-state index in [1.165, 1.54) is 32.7 Å². The number of anilines is 1. The molecule has 2 aromatic heterocycles. The maximum Gasteiger partial charge on any atom is 1.00 e. The Balaban J connectivity index is 0.00000241. The van der Waals surface area contributed by atoms with Gasteiger partial charge in [0.05, 0.1) is 19.6 Å². The standard InChI is InChI=1S/C24H21N5O5S.K.H/c1-32-18-11-6-7-12-19(18)34-20-21(29-35(30,31)16-13-17-9-4-3-5-10-17)27-23(28-24(20)33-2)22-25-14-8-15-26-22;;/h3-16H,1-2H3,(H,27,28,29);;/q;+1;-1. The minimum Gasteiger partial charge on any atom is -1.00 e. The van der Waals surface area contributed by atoms with Crippen LogP contribution in [0.2, 0.25) is 0 Å². The molecule has 180 valence electrons. The molecule has 1 N–H and O–H groups in total. The van der Waals surface area contributed by atoms with Crippen molar-refractivity contribution in [1.82, 2.24) is 19.9 Å². The van der Waals surface area contributed by atoms with E-state index in [0.717, 1.165) is 5.41 Å². The Morgan fingerprint density at radius 1 is 0.833 bits per heavy atom. The van der Waals surface area contributed by atoms with E-state index >= 15 is 0 Å². The summed E-state index contributed by atoms with van der Waals surface area (Å²) in [6, 6.07) is 17.5. The van der Waals surface area contributed by atoms with Crippen molar-refractivity contribution in [2.75, 3.05) is 18.9 Å². The number of rotatable bonds is 9. The van der Waals surface area contributed by atoms with Gasteiger partial charge >= 0.3 is 51.4 Å². The molecule has 36 heavy (non-hydrogen) atoms. The van der Waals surface area contributed by atoms with Gasteiger partial charge in [-0.05, 0) is 29.8 Å². The molecule has 12 heteroatoms. The van der Waals surface area contributed by atoms with Crippen LogP contribution in [0, 0.1) is 0 Å². The van der Waals surface area contributed by atoms with Crippen LogP contribution < -0.4 is 70.3 Å². The van der Waals surface area contributed by atoms with Gasteiger partial charge in [0.15, 0.2) is 23.1 Å². The maximum atomic E-state index is 12.9. The zero-order valence-electron chi connectivity index (χ0n) is 20.8. The monoisotopic (exact) mass is 531 g/mol. The van der Waals surface area contributed by atoms with Crippen molar-refractivity contribution < 1.29 is 75.4 Å². The van der Waals surface area contributed by atoms with Crippen LogP contribution in [0.15, 0.2) is 78.5 Å². The summed E-state index contributed by atoms with van der Waals surface area (Å²) in [6.45, 7) is 0. The fourth-order valence-electron chi connectivity index (χ4n) is 2.96. The van der Waals surface area contributed by atoms with Gasteiger partial charge in [0, 0.05) is 12.4 Å². The Labute approximate surface area is 252 Å². The maximum absolute atomic E-state index is 12.9. The molecular formula is C24H22KN5O5S. The first-order valence-corrected chi connectivity index (χ1v) is 11.8. The number of nitrogens with one attached hydrogen (secondary N) is 1. The Bertz CT molecular complexity index is 1440. The molecule has 2 heterocycles. The van der Waals surface area contributed by atoms with Crippen molar-refractivity contribution in [2.45, 2.75) is 0 Å². The van der Waals surface area contributed by atoms with Crippen molar-refractivity contribution >= 4 is 21.9 Å². The van der Waals surface area contributed by atoms with E-state index < -0.39 is 10.0 Å². The molecule has 0 radical (unpaired) electrons. The van der Waals surface area contributed by atoms with Crippen molar-refractivity contribution in [3.05, 3.63) is 84.0 Å². The van der Waals surface area contributed by atoms with Gasteiger partial charge in [-0.2, -0.15) is 4.98 Å². The number of benzene rings is 2. The van der Waals surface area contributed by atoms with Gasteiger partial charge in [0.25, 0.3) is 15.9 Å². The van der Waals surface area contributed by atoms with Gasteiger partial charge < -0.3 is 15.6 Å². The molecule has 4 aromatic rings. The van der Waals surface area contributed by atoms with Gasteiger partial charge in [-0.3, -0.25) is 4.72 Å². The average molecular weight is 532 g/mol. The molecule has 2 aromatic carbocycles. The van der Waals surface area contributed by atoms with Crippen molar-refractivity contribution in [1.29, 1.82) is 0 Å². The van der Waals surface area contributed by atoms with E-state index in [1.807, 2.05) is 6.07 Å². The molecule has 0 spiro atoms. The average Bonchev–Trinajstić information content (AvgIpc) is 2.89. The minimum absolute atomic E-state index is 0. The van der Waals surface area contributed by atoms with Crippen molar-refractivity contribution in [2.24, 2.45) is 0 Å². The first-order chi connectivity index (χ1) is 17.0. The molecule has 4 rings (SSSR count). The SMILES string of the molecule is COc1ccccc1Oc1c(NS(=O)(=O)C=Cc2ccccc2)nc(-c2ncccn2)nc1OC.[H-].[K+]. The molecular weight excluding hydrogens is 509 g/mol. The number of methoxy groups -OCH3 is 2. The van der Waals surface area contributed by atoms with Gasteiger partial charge in [-0.15, -0.1) is 0 Å². The molecule has 0 amide bonds. The van der Waals surface area contributed by atoms with Crippen LogP contribution in [0.25, 0.3) is 17.7 Å². The molecule has 0 atom stereocenters. The minimum atomic E-state index is -4.02. The Kier molecular flexibility index (Phi) is 9.93. The largest absolute Gasteiger partial charge is 1.00 e. The van der Waals surface area contributed by atoms with E-state index in [1.54, 1.807) is 54.6 Å². The number of nitrogens with zero attached hydrogens (tertiary/aromatic N) is 4. The summed E-state index contributed by atoms with van der Waals surface area (Å²) in [6.07, 6.45) is 4.50. The van der Waals surface area contributed by atoms with Gasteiger partial charge in [-0.1, -0.05) is 42.5 Å². The van der Waals surface area contributed by atoms with Crippen LogP contribution >= 0.6 is 0 Å². The summed E-state index contributed by atoms with van der Waals surface area (Å²) >= 11 is 0. The van der Waals surface area contributed by atoms with E-state index in [0.29, 0.717) is 17.1 Å². The number of aromatic nitrogens is 4. The van der Waals surface area contributed by atoms with Crippen LogP contribution in [0.4, 0.5) is 5.82 Å². The Morgan fingerprint density at radius 3 is 2.17 bits per heavy atom. The van der Waals surface area contributed by atoms with Crippen LogP contribution in [0.1, 0.15) is 6.99 Å². The quantitative estimate of drug-likeness (QED) is 0.318. The summed E-state index contributed by atoms with van der Waals surface area (Å²) < 4.78 is 45.0. The first kappa shape index (κ1) is 27.7. The zero-order chi connectivity index (χ0) is 24.7. The zero-order valence-corrected chi connectivity index (χ0v) is 23.8. The third kappa shape index (κ3) is 7.09. The number of ether oxygens (including phenoxy) is 3. The van der Waals surface area contributed by atoms with Gasteiger partial charge in [0.2, 0.25) is 11.6 Å². The number of hydrogen-bond acceptors (Lipinski definition) is 9. The van der Waals surface area contributed by atoms with Crippen molar-refractivity contribution in [3.8, 4) is 34.8 Å². The van der Waals surface area contributed by atoms with Crippen molar-refractivity contribution in [3.63, 3.8) is 0 Å². The molecule has 0 aliphatic rings. The van der Waals surface area contributed by atoms with Crippen LogP contribution in [0.5, 0.6) is 23.1 Å². The predicted octanol–water partition coefficient (Wildman–Crippen LogP) is 1.27. The molecule has 0 aliphatic carbocycles. The van der Waals surface area contributed by atoms with E-state index in [-0.39, 0.29) is 81.9 Å². The topological polar surface area (TPSA) is 125 Å². The molecule has 0 bridgehead atoms. The summed E-state index contributed by atoms with van der Waals surface area (Å²) in [5, 5.41) is 1.03. The summed E-state index contributed by atoms with van der Waals surface area (Å²) in [4.78, 5) is 16.9. The Morgan fingerprint density at radius 2 is 1.50 bits per heavy atom. The predicted molar refractivity (Wildman–Crippen MR) is 132 cm³/mol. The normalized spacial score (nSPS) is 10.9. The Hall–Kier alpha value is -2.87. The van der Waals surface area contributed by atoms with Gasteiger partial charge in [0.1, 0.15) is 0 Å². The van der Waals surface area contributed by atoms with Crippen LogP contribution in [0.3, 0.4) is 0 Å². The molecule has 0 aliphatic heterocycles. The number of para-hydroxylation sites is 2. The third-order valence-electron chi connectivity index (χ3n) is 4.55. The number of sulfonamides is 1. The first-order valence-electron chi connectivity index (χ1n) is 10.3. The molecule has 10 nitrogen and oxygen atoms in total. The fourth-order valence-corrected chi connectivity index (χ4v) is 3.77. The second-order valence-electron chi connectivity index (χ2n) is 6.92. The fraction of sp³-hybridized carbons (Fsp3) is 0.0833. The molecule has 0 fully saturated rings. The van der Waals surface area contributed by atoms with Crippen LogP contribution in [-0.2, 0) is 10.0 Å². The molecule has 0 saturated carbocycles. The summed E-state index contributed by atoms with van der Waals surface area (Å²) in [5.74, 6) is 0.688. The summed E-state index contributed by atoms with van der Waals surface area (Å²) in [7, 11) is -1.15. The van der Waals surface area contributed by atoms with E-state index in [9.17, 15) is 8.42 Å². The molecule has 0 saturated heterocycles. The third-order valence-corrected chi connectivity index (χ3v) is 5.53. The van der Waals surface area contributed by atoms with Crippen LogP contribution in [-0.4, -0.2) is 42.6 Å². The molecule has 0 unspecified atom stereocenters. The second kappa shape index (κ2) is 12.9. The van der Waals surface area contributed by atoms with E-state index in [2.05, 4.69) is 24.7 Å². The summed E-state index contributed by atoms with van der Waals surface area (Å²) in [5.41, 5.74) is 0.710.